The first-order valence-electron chi connectivity index (χ1n) is 6.92. The van der Waals surface area contributed by atoms with E-state index < -0.39 is 10.0 Å². The van der Waals surface area contributed by atoms with Crippen LogP contribution in [0.3, 0.4) is 0 Å². The van der Waals surface area contributed by atoms with E-state index in [0.29, 0.717) is 12.3 Å². The minimum Gasteiger partial charge on any atom is -0.382 e. The molecule has 8 heteroatoms. The number of aromatic nitrogens is 3. The SMILES string of the molecule is CCC(COC)n1cc(-c2ccc(NS(C)(=O)=O)cc2)nn1. The Kier molecular flexibility index (Phi) is 5.15. The number of nitrogens with zero attached hydrogens (tertiary/aromatic N) is 3. The van der Waals surface area contributed by atoms with Gasteiger partial charge in [0.25, 0.3) is 0 Å². The van der Waals surface area contributed by atoms with Crippen molar-refractivity contribution in [3.8, 4) is 11.3 Å². The maximum absolute atomic E-state index is 11.2. The summed E-state index contributed by atoms with van der Waals surface area (Å²) >= 11 is 0. The highest BCUT2D eigenvalue weighted by molar-refractivity contribution is 7.92. The van der Waals surface area contributed by atoms with Crippen LogP contribution in [0.25, 0.3) is 11.3 Å². The number of rotatable bonds is 7. The third-order valence-electron chi connectivity index (χ3n) is 3.20. The van der Waals surface area contributed by atoms with Crippen molar-refractivity contribution in [2.24, 2.45) is 0 Å². The second-order valence-corrected chi connectivity index (χ2v) is 6.80. The Morgan fingerprint density at radius 1 is 1.32 bits per heavy atom. The van der Waals surface area contributed by atoms with Gasteiger partial charge in [-0.25, -0.2) is 13.1 Å². The molecule has 120 valence electrons. The lowest BCUT2D eigenvalue weighted by Gasteiger charge is -2.12. The van der Waals surface area contributed by atoms with Crippen LogP contribution in [0.15, 0.2) is 30.5 Å². The molecular formula is C14H20N4O3S. The van der Waals surface area contributed by atoms with Crippen molar-refractivity contribution in [2.75, 3.05) is 24.7 Å². The lowest BCUT2D eigenvalue weighted by molar-refractivity contribution is 0.146. The number of benzene rings is 1. The zero-order valence-corrected chi connectivity index (χ0v) is 13.7. The molecule has 0 saturated heterocycles. The third-order valence-corrected chi connectivity index (χ3v) is 3.81. The summed E-state index contributed by atoms with van der Waals surface area (Å²) in [7, 11) is -1.61. The molecule has 2 aromatic rings. The van der Waals surface area contributed by atoms with E-state index in [0.717, 1.165) is 23.9 Å². The van der Waals surface area contributed by atoms with Crippen molar-refractivity contribution >= 4 is 15.7 Å². The maximum atomic E-state index is 11.2. The lowest BCUT2D eigenvalue weighted by Crippen LogP contribution is -2.14. The molecule has 0 saturated carbocycles. The second kappa shape index (κ2) is 6.89. The van der Waals surface area contributed by atoms with E-state index in [2.05, 4.69) is 22.0 Å². The van der Waals surface area contributed by atoms with Gasteiger partial charge in [-0.1, -0.05) is 24.3 Å². The minimum absolute atomic E-state index is 0.150. The standard InChI is InChI=1S/C14H20N4O3S/c1-4-13(10-21-2)18-9-14(15-17-18)11-5-7-12(8-6-11)16-22(3,19)20/h5-9,13,16H,4,10H2,1-3H3. The van der Waals surface area contributed by atoms with Crippen molar-refractivity contribution in [1.29, 1.82) is 0 Å². The van der Waals surface area contributed by atoms with E-state index in [1.807, 2.05) is 6.20 Å². The number of sulfonamides is 1. The van der Waals surface area contributed by atoms with Gasteiger partial charge in [0.15, 0.2) is 0 Å². The first-order chi connectivity index (χ1) is 10.4. The molecule has 0 fully saturated rings. The summed E-state index contributed by atoms with van der Waals surface area (Å²) in [4.78, 5) is 0. The molecule has 2 rings (SSSR count). The maximum Gasteiger partial charge on any atom is 0.229 e. The Balaban J connectivity index is 2.17. The number of anilines is 1. The molecule has 22 heavy (non-hydrogen) atoms. The molecule has 0 radical (unpaired) electrons. The number of nitrogens with one attached hydrogen (secondary N) is 1. The Morgan fingerprint density at radius 2 is 2.00 bits per heavy atom. The molecule has 0 amide bonds. The van der Waals surface area contributed by atoms with Gasteiger partial charge in [0, 0.05) is 18.4 Å². The van der Waals surface area contributed by atoms with Crippen molar-refractivity contribution < 1.29 is 13.2 Å². The molecule has 1 N–H and O–H groups in total. The fourth-order valence-electron chi connectivity index (χ4n) is 2.08. The van der Waals surface area contributed by atoms with Crippen LogP contribution in [0.5, 0.6) is 0 Å². The molecule has 1 heterocycles. The smallest absolute Gasteiger partial charge is 0.229 e. The van der Waals surface area contributed by atoms with Crippen LogP contribution in [-0.4, -0.2) is 43.4 Å². The number of hydrogen-bond acceptors (Lipinski definition) is 5. The van der Waals surface area contributed by atoms with Gasteiger partial charge in [0.1, 0.15) is 5.69 Å². The van der Waals surface area contributed by atoms with E-state index in [1.54, 1.807) is 36.1 Å². The lowest BCUT2D eigenvalue weighted by atomic mass is 10.1. The van der Waals surface area contributed by atoms with Gasteiger partial charge in [0.05, 0.1) is 25.1 Å². The average molecular weight is 324 g/mol. The fraction of sp³-hybridized carbons (Fsp3) is 0.429. The van der Waals surface area contributed by atoms with Gasteiger partial charge in [-0.3, -0.25) is 4.72 Å². The molecule has 1 atom stereocenters. The molecule has 0 aliphatic heterocycles. The topological polar surface area (TPSA) is 86.1 Å². The van der Waals surface area contributed by atoms with Crippen LogP contribution in [-0.2, 0) is 14.8 Å². The Morgan fingerprint density at radius 3 is 2.55 bits per heavy atom. The van der Waals surface area contributed by atoms with E-state index >= 15 is 0 Å². The molecule has 1 unspecified atom stereocenters. The van der Waals surface area contributed by atoms with Crippen molar-refractivity contribution in [1.82, 2.24) is 15.0 Å². The normalized spacial score (nSPS) is 13.0. The number of ether oxygens (including phenoxy) is 1. The quantitative estimate of drug-likeness (QED) is 0.841. The van der Waals surface area contributed by atoms with Gasteiger partial charge in [-0.2, -0.15) is 0 Å². The first-order valence-corrected chi connectivity index (χ1v) is 8.81. The molecule has 0 spiro atoms. The van der Waals surface area contributed by atoms with Crippen LogP contribution >= 0.6 is 0 Å². The van der Waals surface area contributed by atoms with Crippen LogP contribution < -0.4 is 4.72 Å². The minimum atomic E-state index is -3.27. The van der Waals surface area contributed by atoms with E-state index in [-0.39, 0.29) is 6.04 Å². The molecule has 7 nitrogen and oxygen atoms in total. The average Bonchev–Trinajstić information content (AvgIpc) is 2.93. The molecule has 0 bridgehead atoms. The molecule has 1 aromatic carbocycles. The highest BCUT2D eigenvalue weighted by atomic mass is 32.2. The zero-order valence-electron chi connectivity index (χ0n) is 12.9. The molecule has 1 aromatic heterocycles. The molecule has 0 aliphatic rings. The summed E-state index contributed by atoms with van der Waals surface area (Å²) in [6, 6.07) is 7.15. The summed E-state index contributed by atoms with van der Waals surface area (Å²) in [6.45, 7) is 2.65. The number of hydrogen-bond donors (Lipinski definition) is 1. The predicted octanol–water partition coefficient (Wildman–Crippen LogP) is 1.91. The van der Waals surface area contributed by atoms with Crippen LogP contribution in [0.2, 0.25) is 0 Å². The summed E-state index contributed by atoms with van der Waals surface area (Å²) in [5.41, 5.74) is 2.13. The van der Waals surface area contributed by atoms with Crippen LogP contribution in [0.1, 0.15) is 19.4 Å². The van der Waals surface area contributed by atoms with E-state index in [1.165, 1.54) is 0 Å². The van der Waals surface area contributed by atoms with Gasteiger partial charge in [-0.05, 0) is 18.6 Å². The predicted molar refractivity (Wildman–Crippen MR) is 85.1 cm³/mol. The van der Waals surface area contributed by atoms with Crippen LogP contribution in [0, 0.1) is 0 Å². The number of methoxy groups -OCH3 is 1. The monoisotopic (exact) mass is 324 g/mol. The van der Waals surface area contributed by atoms with Gasteiger partial charge in [-0.15, -0.1) is 5.10 Å². The highest BCUT2D eigenvalue weighted by Crippen LogP contribution is 2.21. The van der Waals surface area contributed by atoms with Crippen molar-refractivity contribution in [3.63, 3.8) is 0 Å². The van der Waals surface area contributed by atoms with Gasteiger partial charge in [0.2, 0.25) is 10.0 Å². The summed E-state index contributed by atoms with van der Waals surface area (Å²) in [5, 5.41) is 8.30. The van der Waals surface area contributed by atoms with Crippen LogP contribution in [0.4, 0.5) is 5.69 Å². The Labute approximate surface area is 130 Å². The Hall–Kier alpha value is -1.93. The fourth-order valence-corrected chi connectivity index (χ4v) is 2.65. The third kappa shape index (κ3) is 4.28. The van der Waals surface area contributed by atoms with Gasteiger partial charge >= 0.3 is 0 Å². The van der Waals surface area contributed by atoms with Crippen molar-refractivity contribution in [2.45, 2.75) is 19.4 Å². The summed E-state index contributed by atoms with van der Waals surface area (Å²) < 4.78 is 31.7. The summed E-state index contributed by atoms with van der Waals surface area (Å²) in [6.07, 6.45) is 3.88. The zero-order chi connectivity index (χ0) is 16.2. The molecule has 0 aliphatic carbocycles. The largest absolute Gasteiger partial charge is 0.382 e. The highest BCUT2D eigenvalue weighted by Gasteiger charge is 2.12. The van der Waals surface area contributed by atoms with Gasteiger partial charge < -0.3 is 4.74 Å². The van der Waals surface area contributed by atoms with E-state index in [9.17, 15) is 8.42 Å². The van der Waals surface area contributed by atoms with Crippen molar-refractivity contribution in [3.05, 3.63) is 30.5 Å². The Bertz CT molecular complexity index is 710. The second-order valence-electron chi connectivity index (χ2n) is 5.05. The molecular weight excluding hydrogens is 304 g/mol. The van der Waals surface area contributed by atoms with E-state index in [4.69, 9.17) is 4.74 Å². The first kappa shape index (κ1) is 16.4. The summed E-state index contributed by atoms with van der Waals surface area (Å²) in [5.74, 6) is 0.